The van der Waals surface area contributed by atoms with Crippen LogP contribution in [0, 0.1) is 34.1 Å². The van der Waals surface area contributed by atoms with Crippen LogP contribution in [0.3, 0.4) is 0 Å². The minimum absolute atomic E-state index is 0.0105. The van der Waals surface area contributed by atoms with Gasteiger partial charge in [0.05, 0.1) is 21.5 Å². The van der Waals surface area contributed by atoms with E-state index < -0.39 is 32.9 Å². The van der Waals surface area contributed by atoms with E-state index >= 15 is 0 Å². The van der Waals surface area contributed by atoms with Crippen molar-refractivity contribution in [2.75, 3.05) is 0 Å². The van der Waals surface area contributed by atoms with Crippen molar-refractivity contribution < 1.29 is 19.4 Å². The fourth-order valence-electron chi connectivity index (χ4n) is 5.23. The third kappa shape index (κ3) is 5.67. The number of nitro groups is 2. The summed E-state index contributed by atoms with van der Waals surface area (Å²) in [4.78, 5) is 50.3. The molecule has 3 aromatic carbocycles. The second-order valence-corrected chi connectivity index (χ2v) is 10.5. The lowest BCUT2D eigenvalue weighted by molar-refractivity contribution is -0.394. The molecule has 1 aliphatic rings. The molecule has 1 aliphatic carbocycles. The predicted octanol–water partition coefficient (Wildman–Crippen LogP) is 6.27. The zero-order valence-electron chi connectivity index (χ0n) is 23.2. The number of nitro benzene ring substituents is 2. The molecule has 1 aromatic heterocycles. The maximum Gasteiger partial charge on any atom is 0.301 e. The topological polar surface area (TPSA) is 150 Å². The maximum atomic E-state index is 14.2. The quantitative estimate of drug-likeness (QED) is 0.150. The number of carbonyl (C=O) groups excluding carboxylic acids is 2. The summed E-state index contributed by atoms with van der Waals surface area (Å²) in [6.45, 7) is 3.80. The van der Waals surface area contributed by atoms with E-state index in [4.69, 9.17) is 0 Å². The number of amides is 1. The van der Waals surface area contributed by atoms with Crippen LogP contribution in [-0.2, 0) is 0 Å². The van der Waals surface area contributed by atoms with Gasteiger partial charge in [-0.15, -0.1) is 0 Å². The van der Waals surface area contributed by atoms with E-state index in [1.807, 2.05) is 26.0 Å². The van der Waals surface area contributed by atoms with E-state index in [0.717, 1.165) is 60.0 Å². The van der Waals surface area contributed by atoms with Crippen LogP contribution in [0.2, 0.25) is 0 Å². The van der Waals surface area contributed by atoms with Crippen LogP contribution in [-0.4, -0.2) is 37.4 Å². The third-order valence-electron chi connectivity index (χ3n) is 7.50. The highest BCUT2D eigenvalue weighted by Crippen LogP contribution is 2.35. The monoisotopic (exact) mass is 567 g/mol. The molecule has 4 aromatic rings. The van der Waals surface area contributed by atoms with Crippen LogP contribution in [0.15, 0.2) is 66.7 Å². The number of nitrogens with zero attached hydrogens (tertiary/aromatic N) is 4. The second kappa shape index (κ2) is 11.7. The molecule has 0 radical (unpaired) electrons. The van der Waals surface area contributed by atoms with Crippen molar-refractivity contribution in [2.45, 2.75) is 52.0 Å². The van der Waals surface area contributed by atoms with Gasteiger partial charge in [-0.2, -0.15) is 5.10 Å². The largest absolute Gasteiger partial charge is 0.348 e. The van der Waals surface area contributed by atoms with E-state index in [-0.39, 0.29) is 28.7 Å². The van der Waals surface area contributed by atoms with Gasteiger partial charge in [-0.3, -0.25) is 29.8 Å². The summed E-state index contributed by atoms with van der Waals surface area (Å²) in [5.74, 6) is -1.08. The molecule has 11 heteroatoms. The lowest BCUT2D eigenvalue weighted by atomic mass is 9.94. The standard InChI is InChI=1S/C31H29N5O6/c1-19-8-12-21(13-9-19)28-27(30(37)22-14-10-20(2)11-15-22)29(31(38)32-23-6-4-3-5-7-23)34(33-28)25-17-16-24(35(39)40)18-26(25)36(41)42/h8-18,23H,3-7H2,1-2H3,(H,32,38). The Kier molecular flexibility index (Phi) is 7.92. The average molecular weight is 568 g/mol. The zero-order valence-corrected chi connectivity index (χ0v) is 23.2. The Labute approximate surface area is 241 Å². The molecule has 42 heavy (non-hydrogen) atoms. The number of carbonyl (C=O) groups is 2. The first kappa shape index (κ1) is 28.3. The van der Waals surface area contributed by atoms with Crippen molar-refractivity contribution in [1.29, 1.82) is 0 Å². The van der Waals surface area contributed by atoms with E-state index in [2.05, 4.69) is 10.4 Å². The van der Waals surface area contributed by atoms with Gasteiger partial charge in [-0.1, -0.05) is 78.9 Å². The Bertz CT molecular complexity index is 1690. The lowest BCUT2D eigenvalue weighted by Gasteiger charge is -2.23. The number of benzene rings is 3. The molecule has 214 valence electrons. The molecule has 11 nitrogen and oxygen atoms in total. The van der Waals surface area contributed by atoms with E-state index in [1.54, 1.807) is 36.4 Å². The Morgan fingerprint density at radius 1 is 0.857 bits per heavy atom. The SMILES string of the molecule is Cc1ccc(C(=O)c2c(-c3ccc(C)cc3)nn(-c3ccc([N+](=O)[O-])cc3[N+](=O)[O-])c2C(=O)NC2CCCCC2)cc1. The number of aromatic nitrogens is 2. The van der Waals surface area contributed by atoms with Crippen molar-refractivity contribution in [3.63, 3.8) is 0 Å². The smallest absolute Gasteiger partial charge is 0.301 e. The molecule has 1 saturated carbocycles. The number of rotatable bonds is 8. The van der Waals surface area contributed by atoms with Gasteiger partial charge in [0.15, 0.2) is 5.78 Å². The summed E-state index contributed by atoms with van der Waals surface area (Å²) in [6.07, 6.45) is 4.49. The summed E-state index contributed by atoms with van der Waals surface area (Å²) in [5.41, 5.74) is 1.47. The van der Waals surface area contributed by atoms with Gasteiger partial charge in [-0.05, 0) is 32.8 Å². The number of ketones is 1. The summed E-state index contributed by atoms with van der Waals surface area (Å²) < 4.78 is 1.08. The fourth-order valence-corrected chi connectivity index (χ4v) is 5.23. The van der Waals surface area contributed by atoms with E-state index in [1.165, 1.54) is 6.07 Å². The minimum Gasteiger partial charge on any atom is -0.348 e. The first-order valence-corrected chi connectivity index (χ1v) is 13.7. The summed E-state index contributed by atoms with van der Waals surface area (Å²) in [5, 5.41) is 31.2. The Morgan fingerprint density at radius 2 is 1.48 bits per heavy atom. The van der Waals surface area contributed by atoms with Gasteiger partial charge in [0, 0.05) is 23.2 Å². The van der Waals surface area contributed by atoms with E-state index in [0.29, 0.717) is 11.1 Å². The highest BCUT2D eigenvalue weighted by molar-refractivity contribution is 6.18. The second-order valence-electron chi connectivity index (χ2n) is 10.5. The Hall–Kier alpha value is -5.19. The number of non-ortho nitro benzene ring substituents is 1. The zero-order chi connectivity index (χ0) is 30.0. The Morgan fingerprint density at radius 3 is 2.07 bits per heavy atom. The lowest BCUT2D eigenvalue weighted by Crippen LogP contribution is -2.38. The van der Waals surface area contributed by atoms with Crippen LogP contribution in [0.25, 0.3) is 16.9 Å². The highest BCUT2D eigenvalue weighted by Gasteiger charge is 2.34. The predicted molar refractivity (Wildman–Crippen MR) is 156 cm³/mol. The summed E-state index contributed by atoms with van der Waals surface area (Å²) >= 11 is 0. The number of nitrogens with one attached hydrogen (secondary N) is 1. The van der Waals surface area contributed by atoms with E-state index in [9.17, 15) is 29.8 Å². The molecular formula is C31H29N5O6. The van der Waals surface area contributed by atoms with Crippen molar-refractivity contribution in [2.24, 2.45) is 0 Å². The van der Waals surface area contributed by atoms with Gasteiger partial charge < -0.3 is 5.32 Å². The van der Waals surface area contributed by atoms with Crippen LogP contribution in [0.4, 0.5) is 11.4 Å². The maximum absolute atomic E-state index is 14.2. The summed E-state index contributed by atoms with van der Waals surface area (Å²) in [6, 6.07) is 17.1. The normalized spacial score (nSPS) is 13.5. The highest BCUT2D eigenvalue weighted by atomic mass is 16.6. The van der Waals surface area contributed by atoms with Crippen molar-refractivity contribution in [3.05, 3.63) is 115 Å². The average Bonchev–Trinajstić information content (AvgIpc) is 3.38. The molecule has 0 spiro atoms. The number of hydrogen-bond acceptors (Lipinski definition) is 7. The minimum atomic E-state index is -0.764. The number of hydrogen-bond donors (Lipinski definition) is 1. The molecule has 1 N–H and O–H groups in total. The van der Waals surface area contributed by atoms with Gasteiger partial charge >= 0.3 is 5.69 Å². The van der Waals surface area contributed by atoms with Gasteiger partial charge in [0.2, 0.25) is 0 Å². The molecule has 0 saturated heterocycles. The molecule has 5 rings (SSSR count). The van der Waals surface area contributed by atoms with Crippen LogP contribution >= 0.6 is 0 Å². The molecule has 1 heterocycles. The molecule has 1 amide bonds. The molecule has 0 unspecified atom stereocenters. The van der Waals surface area contributed by atoms with Gasteiger partial charge in [0.25, 0.3) is 11.6 Å². The molecule has 0 aliphatic heterocycles. The molecule has 0 atom stereocenters. The van der Waals surface area contributed by atoms with Crippen LogP contribution < -0.4 is 5.32 Å². The fraction of sp³-hybridized carbons (Fsp3) is 0.258. The third-order valence-corrected chi connectivity index (χ3v) is 7.50. The number of aryl methyl sites for hydroxylation is 2. The van der Waals surface area contributed by atoms with Crippen LogP contribution in [0.1, 0.15) is 69.6 Å². The van der Waals surface area contributed by atoms with Crippen molar-refractivity contribution in [1.82, 2.24) is 15.1 Å². The first-order valence-electron chi connectivity index (χ1n) is 13.7. The molecule has 1 fully saturated rings. The molecular weight excluding hydrogens is 538 g/mol. The van der Waals surface area contributed by atoms with Crippen molar-refractivity contribution >= 4 is 23.1 Å². The summed E-state index contributed by atoms with van der Waals surface area (Å²) in [7, 11) is 0. The van der Waals surface area contributed by atoms with Gasteiger partial charge in [-0.25, -0.2) is 4.68 Å². The van der Waals surface area contributed by atoms with Crippen LogP contribution in [0.5, 0.6) is 0 Å². The first-order chi connectivity index (χ1) is 20.1. The molecule has 0 bridgehead atoms. The van der Waals surface area contributed by atoms with Crippen molar-refractivity contribution in [3.8, 4) is 16.9 Å². The Balaban J connectivity index is 1.80. The van der Waals surface area contributed by atoms with Gasteiger partial charge in [0.1, 0.15) is 17.1 Å².